The second-order valence-corrected chi connectivity index (χ2v) is 4.96. The summed E-state index contributed by atoms with van der Waals surface area (Å²) in [6.45, 7) is 0. The lowest BCUT2D eigenvalue weighted by molar-refractivity contribution is 1.22. The van der Waals surface area contributed by atoms with Gasteiger partial charge in [-0.2, -0.15) is 0 Å². The Hall–Kier alpha value is -2.08. The first-order valence-corrected chi connectivity index (χ1v) is 6.51. The van der Waals surface area contributed by atoms with Crippen LogP contribution in [0, 0.1) is 0 Å². The van der Waals surface area contributed by atoms with Gasteiger partial charge in [-0.3, -0.25) is 0 Å². The number of fused-ring (bicyclic) bond motifs is 5. The van der Waals surface area contributed by atoms with Crippen LogP contribution in [0.5, 0.6) is 0 Å². The lowest BCUT2D eigenvalue weighted by atomic mass is 9.95. The Morgan fingerprint density at radius 3 is 2.28 bits per heavy atom. The van der Waals surface area contributed by atoms with Crippen molar-refractivity contribution in [2.45, 2.75) is 12.8 Å². The maximum atomic E-state index is 2.37. The minimum atomic E-state index is 1.07. The summed E-state index contributed by atoms with van der Waals surface area (Å²) in [5, 5.41) is 0. The first kappa shape index (κ1) is 9.90. The average molecular weight is 230 g/mol. The van der Waals surface area contributed by atoms with E-state index in [0.29, 0.717) is 0 Å². The molecule has 0 atom stereocenters. The summed E-state index contributed by atoms with van der Waals surface area (Å²) in [7, 11) is 0. The fourth-order valence-corrected chi connectivity index (χ4v) is 3.11. The van der Waals surface area contributed by atoms with Crippen molar-refractivity contribution in [1.29, 1.82) is 0 Å². The molecule has 0 saturated carbocycles. The van der Waals surface area contributed by atoms with Crippen molar-refractivity contribution in [3.63, 3.8) is 0 Å². The first-order chi connectivity index (χ1) is 8.93. The molecule has 2 aromatic carbocycles. The van der Waals surface area contributed by atoms with Gasteiger partial charge in [-0.25, -0.2) is 0 Å². The molecule has 0 aromatic heterocycles. The SMILES string of the molecule is C1=C2Cc3ccccc3-c3ccccc3C2=CC1. The van der Waals surface area contributed by atoms with Gasteiger partial charge in [0.15, 0.2) is 0 Å². The summed E-state index contributed by atoms with van der Waals surface area (Å²) in [5.74, 6) is 0. The second kappa shape index (κ2) is 3.71. The van der Waals surface area contributed by atoms with E-state index in [0.717, 1.165) is 12.8 Å². The zero-order valence-corrected chi connectivity index (χ0v) is 10.2. The Bertz CT molecular complexity index is 687. The Morgan fingerprint density at radius 2 is 1.39 bits per heavy atom. The minimum absolute atomic E-state index is 1.07. The van der Waals surface area contributed by atoms with Gasteiger partial charge >= 0.3 is 0 Å². The molecule has 2 aliphatic rings. The van der Waals surface area contributed by atoms with Crippen LogP contribution in [-0.2, 0) is 6.42 Å². The molecule has 0 radical (unpaired) electrons. The van der Waals surface area contributed by atoms with E-state index in [2.05, 4.69) is 60.7 Å². The maximum Gasteiger partial charge on any atom is -0.00166 e. The van der Waals surface area contributed by atoms with Crippen LogP contribution in [0.3, 0.4) is 0 Å². The molecule has 0 heteroatoms. The number of rotatable bonds is 0. The summed E-state index contributed by atoms with van der Waals surface area (Å²) in [5.41, 5.74) is 8.55. The molecule has 4 rings (SSSR count). The van der Waals surface area contributed by atoms with E-state index >= 15 is 0 Å². The monoisotopic (exact) mass is 230 g/mol. The van der Waals surface area contributed by atoms with Crippen LogP contribution in [0.4, 0.5) is 0 Å². The number of benzene rings is 2. The molecule has 2 aliphatic carbocycles. The van der Waals surface area contributed by atoms with Crippen molar-refractivity contribution in [2.75, 3.05) is 0 Å². The maximum absolute atomic E-state index is 2.37. The highest BCUT2D eigenvalue weighted by Crippen LogP contribution is 2.42. The van der Waals surface area contributed by atoms with Gasteiger partial charge in [0, 0.05) is 0 Å². The molecule has 0 bridgehead atoms. The molecule has 0 amide bonds. The van der Waals surface area contributed by atoms with E-state index in [9.17, 15) is 0 Å². The molecule has 0 aliphatic heterocycles. The largest absolute Gasteiger partial charge is 0.0766 e. The fourth-order valence-electron chi connectivity index (χ4n) is 3.11. The van der Waals surface area contributed by atoms with Gasteiger partial charge in [0.25, 0.3) is 0 Å². The van der Waals surface area contributed by atoms with Gasteiger partial charge in [-0.15, -0.1) is 0 Å². The van der Waals surface area contributed by atoms with Crippen molar-refractivity contribution < 1.29 is 0 Å². The van der Waals surface area contributed by atoms with Gasteiger partial charge in [0.05, 0.1) is 0 Å². The lowest BCUT2D eigenvalue weighted by Crippen LogP contribution is -1.88. The molecular weight excluding hydrogens is 216 g/mol. The molecule has 0 spiro atoms. The van der Waals surface area contributed by atoms with Crippen LogP contribution in [0.15, 0.2) is 66.3 Å². The Morgan fingerprint density at radius 1 is 0.667 bits per heavy atom. The molecule has 0 nitrogen and oxygen atoms in total. The predicted molar refractivity (Wildman–Crippen MR) is 76.3 cm³/mol. The van der Waals surface area contributed by atoms with Crippen molar-refractivity contribution in [1.82, 2.24) is 0 Å². The molecule has 86 valence electrons. The van der Waals surface area contributed by atoms with Crippen LogP contribution >= 0.6 is 0 Å². The molecule has 0 heterocycles. The molecule has 0 saturated heterocycles. The summed E-state index contributed by atoms with van der Waals surface area (Å²) < 4.78 is 0. The van der Waals surface area contributed by atoms with Gasteiger partial charge < -0.3 is 0 Å². The zero-order valence-electron chi connectivity index (χ0n) is 10.2. The van der Waals surface area contributed by atoms with E-state index in [1.165, 1.54) is 33.4 Å². The van der Waals surface area contributed by atoms with Crippen molar-refractivity contribution >= 4 is 5.57 Å². The highest BCUT2D eigenvalue weighted by Gasteiger charge is 2.21. The smallest absolute Gasteiger partial charge is 0.00166 e. The number of hydrogen-bond acceptors (Lipinski definition) is 0. The zero-order chi connectivity index (χ0) is 11.9. The highest BCUT2D eigenvalue weighted by atomic mass is 14.3. The van der Waals surface area contributed by atoms with Gasteiger partial charge in [0.1, 0.15) is 0 Å². The number of allylic oxidation sites excluding steroid dienone is 4. The van der Waals surface area contributed by atoms with Crippen LogP contribution in [0.25, 0.3) is 16.7 Å². The van der Waals surface area contributed by atoms with Crippen LogP contribution in [-0.4, -0.2) is 0 Å². The molecule has 18 heavy (non-hydrogen) atoms. The summed E-state index contributed by atoms with van der Waals surface area (Å²) >= 11 is 0. The topological polar surface area (TPSA) is 0 Å². The van der Waals surface area contributed by atoms with Gasteiger partial charge in [-0.1, -0.05) is 60.7 Å². The third kappa shape index (κ3) is 1.32. The minimum Gasteiger partial charge on any atom is -0.0766 e. The molecule has 0 fully saturated rings. The summed E-state index contributed by atoms with van der Waals surface area (Å²) in [6.07, 6.45) is 6.88. The lowest BCUT2D eigenvalue weighted by Gasteiger charge is -2.09. The van der Waals surface area contributed by atoms with E-state index < -0.39 is 0 Å². The van der Waals surface area contributed by atoms with E-state index in [1.807, 2.05) is 0 Å². The third-order valence-corrected chi connectivity index (χ3v) is 3.94. The van der Waals surface area contributed by atoms with E-state index in [-0.39, 0.29) is 0 Å². The molecule has 0 unspecified atom stereocenters. The standard InChI is InChI=1S/C18H14/c1-2-8-15-13(6-1)12-14-7-5-11-16(14)18-10-4-3-9-17(15)18/h1-4,6-11H,5,12H2. The fraction of sp³-hybridized carbons (Fsp3) is 0.111. The van der Waals surface area contributed by atoms with Crippen molar-refractivity contribution in [3.05, 3.63) is 77.4 Å². The Balaban J connectivity index is 2.09. The van der Waals surface area contributed by atoms with Crippen LogP contribution in [0.2, 0.25) is 0 Å². The van der Waals surface area contributed by atoms with Crippen molar-refractivity contribution in [3.8, 4) is 11.1 Å². The molecular formula is C18H14. The van der Waals surface area contributed by atoms with Crippen molar-refractivity contribution in [2.24, 2.45) is 0 Å². The molecule has 0 N–H and O–H groups in total. The summed E-state index contributed by atoms with van der Waals surface area (Å²) in [4.78, 5) is 0. The average Bonchev–Trinajstić information content (AvgIpc) is 2.83. The number of hydrogen-bond donors (Lipinski definition) is 0. The van der Waals surface area contributed by atoms with E-state index in [4.69, 9.17) is 0 Å². The van der Waals surface area contributed by atoms with Gasteiger partial charge in [0.2, 0.25) is 0 Å². The Kier molecular flexibility index (Phi) is 2.04. The third-order valence-electron chi connectivity index (χ3n) is 3.94. The summed E-state index contributed by atoms with van der Waals surface area (Å²) in [6, 6.07) is 17.6. The van der Waals surface area contributed by atoms with Crippen LogP contribution < -0.4 is 0 Å². The normalized spacial score (nSPS) is 16.0. The van der Waals surface area contributed by atoms with Gasteiger partial charge in [-0.05, 0) is 46.2 Å². The van der Waals surface area contributed by atoms with E-state index in [1.54, 1.807) is 0 Å². The van der Waals surface area contributed by atoms with Crippen LogP contribution in [0.1, 0.15) is 17.5 Å². The first-order valence-electron chi connectivity index (χ1n) is 6.51. The quantitative estimate of drug-likeness (QED) is 0.619. The predicted octanol–water partition coefficient (Wildman–Crippen LogP) is 4.62. The Labute approximate surface area is 107 Å². The second-order valence-electron chi connectivity index (χ2n) is 4.96. The highest BCUT2D eigenvalue weighted by molar-refractivity contribution is 5.93. The molecule has 2 aromatic rings.